The van der Waals surface area contributed by atoms with Crippen molar-refractivity contribution in [2.75, 3.05) is 6.54 Å². The normalized spacial score (nSPS) is 19.9. The highest BCUT2D eigenvalue weighted by atomic mass is 35.5. The Morgan fingerprint density at radius 1 is 1.22 bits per heavy atom. The zero-order chi connectivity index (χ0) is 12.4. The molecule has 1 aromatic heterocycles. The lowest BCUT2D eigenvalue weighted by atomic mass is 10.1. The molecule has 1 aliphatic rings. The Labute approximate surface area is 116 Å². The molecule has 0 aliphatic carbocycles. The minimum Gasteiger partial charge on any atom is -0.308 e. The Kier molecular flexibility index (Phi) is 3.64. The van der Waals surface area contributed by atoms with Gasteiger partial charge >= 0.3 is 0 Å². The Morgan fingerprint density at radius 3 is 2.78 bits per heavy atom. The molecule has 1 aromatic carbocycles. The van der Waals surface area contributed by atoms with Gasteiger partial charge in [0.15, 0.2) is 0 Å². The van der Waals surface area contributed by atoms with Crippen LogP contribution in [0.3, 0.4) is 0 Å². The Bertz CT molecular complexity index is 515. The fraction of sp³-hybridized carbons (Fsp3) is 0.357. The highest BCUT2D eigenvalue weighted by Crippen LogP contribution is 2.29. The van der Waals surface area contributed by atoms with Gasteiger partial charge in [-0.2, -0.15) is 0 Å². The van der Waals surface area contributed by atoms with Gasteiger partial charge in [0.2, 0.25) is 0 Å². The summed E-state index contributed by atoms with van der Waals surface area (Å²) in [5.41, 5.74) is 2.19. The molecule has 0 saturated carbocycles. The molecule has 2 aromatic rings. The van der Waals surface area contributed by atoms with Crippen molar-refractivity contribution in [1.29, 1.82) is 0 Å². The topological polar surface area (TPSA) is 24.9 Å². The molecule has 0 radical (unpaired) electrons. The number of nitrogens with one attached hydrogen (secondary N) is 1. The van der Waals surface area contributed by atoms with E-state index in [-0.39, 0.29) is 0 Å². The Morgan fingerprint density at radius 2 is 2.06 bits per heavy atom. The third-order valence-corrected chi connectivity index (χ3v) is 4.48. The van der Waals surface area contributed by atoms with Crippen molar-refractivity contribution in [2.24, 2.45) is 0 Å². The van der Waals surface area contributed by atoms with Crippen LogP contribution in [-0.4, -0.2) is 11.5 Å². The van der Waals surface area contributed by atoms with Crippen LogP contribution in [0, 0.1) is 0 Å². The number of benzene rings is 1. The predicted octanol–water partition coefficient (Wildman–Crippen LogP) is 4.28. The van der Waals surface area contributed by atoms with Crippen LogP contribution in [0.5, 0.6) is 0 Å². The van der Waals surface area contributed by atoms with E-state index < -0.39 is 0 Å². The van der Waals surface area contributed by atoms with Crippen LogP contribution in [0.1, 0.15) is 30.3 Å². The lowest BCUT2D eigenvalue weighted by molar-refractivity contribution is 0.411. The van der Waals surface area contributed by atoms with Crippen LogP contribution in [-0.2, 0) is 0 Å². The summed E-state index contributed by atoms with van der Waals surface area (Å²) in [5, 5.41) is 7.64. The molecule has 1 fully saturated rings. The SMILES string of the molecule is Clc1ccc(-c2csc([C@H]3CCCCN3)n2)cc1. The summed E-state index contributed by atoms with van der Waals surface area (Å²) >= 11 is 7.65. The van der Waals surface area contributed by atoms with Gasteiger partial charge < -0.3 is 5.32 Å². The van der Waals surface area contributed by atoms with E-state index in [0.717, 1.165) is 22.8 Å². The largest absolute Gasteiger partial charge is 0.308 e. The minimum absolute atomic E-state index is 0.449. The Balaban J connectivity index is 1.82. The molecule has 2 nitrogen and oxygen atoms in total. The zero-order valence-electron chi connectivity index (χ0n) is 10.0. The van der Waals surface area contributed by atoms with Crippen LogP contribution in [0.4, 0.5) is 0 Å². The third kappa shape index (κ3) is 2.58. The predicted molar refractivity (Wildman–Crippen MR) is 77.2 cm³/mol. The molecule has 0 unspecified atom stereocenters. The fourth-order valence-electron chi connectivity index (χ4n) is 2.26. The first-order valence-corrected chi connectivity index (χ1v) is 7.53. The summed E-state index contributed by atoms with van der Waals surface area (Å²) < 4.78 is 0. The van der Waals surface area contributed by atoms with Crippen molar-refractivity contribution in [3.63, 3.8) is 0 Å². The van der Waals surface area contributed by atoms with Gasteiger partial charge in [0.05, 0.1) is 11.7 Å². The summed E-state index contributed by atoms with van der Waals surface area (Å²) in [6, 6.07) is 8.32. The van der Waals surface area contributed by atoms with Crippen LogP contribution < -0.4 is 5.32 Å². The van der Waals surface area contributed by atoms with Gasteiger partial charge in [-0.25, -0.2) is 4.98 Å². The maximum atomic E-state index is 5.90. The standard InChI is InChI=1S/C14H15ClN2S/c15-11-6-4-10(5-7-11)13-9-18-14(17-13)12-3-1-2-8-16-12/h4-7,9,12,16H,1-3,8H2/t12-/m1/s1. The summed E-state index contributed by atoms with van der Waals surface area (Å²) in [4.78, 5) is 4.75. The smallest absolute Gasteiger partial charge is 0.110 e. The average Bonchev–Trinajstić information content (AvgIpc) is 2.90. The Hall–Kier alpha value is -0.900. The zero-order valence-corrected chi connectivity index (χ0v) is 11.6. The van der Waals surface area contributed by atoms with E-state index in [1.807, 2.05) is 24.3 Å². The van der Waals surface area contributed by atoms with Crippen molar-refractivity contribution in [3.05, 3.63) is 39.7 Å². The molecule has 1 atom stereocenters. The van der Waals surface area contributed by atoms with Crippen molar-refractivity contribution >= 4 is 22.9 Å². The van der Waals surface area contributed by atoms with Crippen molar-refractivity contribution in [3.8, 4) is 11.3 Å². The van der Waals surface area contributed by atoms with Gasteiger partial charge in [-0.1, -0.05) is 30.2 Å². The van der Waals surface area contributed by atoms with E-state index >= 15 is 0 Å². The molecule has 0 spiro atoms. The van der Waals surface area contributed by atoms with Crippen molar-refractivity contribution < 1.29 is 0 Å². The molecule has 2 heterocycles. The number of halogens is 1. The fourth-order valence-corrected chi connectivity index (χ4v) is 3.33. The summed E-state index contributed by atoms with van der Waals surface area (Å²) in [6.07, 6.45) is 3.78. The van der Waals surface area contributed by atoms with E-state index in [9.17, 15) is 0 Å². The number of hydrogen-bond donors (Lipinski definition) is 1. The van der Waals surface area contributed by atoms with Gasteiger partial charge in [-0.15, -0.1) is 11.3 Å². The van der Waals surface area contributed by atoms with E-state index in [4.69, 9.17) is 16.6 Å². The molecule has 0 bridgehead atoms. The summed E-state index contributed by atoms with van der Waals surface area (Å²) in [5.74, 6) is 0. The summed E-state index contributed by atoms with van der Waals surface area (Å²) in [6.45, 7) is 1.11. The number of piperidine rings is 1. The monoisotopic (exact) mass is 278 g/mol. The number of rotatable bonds is 2. The lowest BCUT2D eigenvalue weighted by Crippen LogP contribution is -2.26. The number of aromatic nitrogens is 1. The lowest BCUT2D eigenvalue weighted by Gasteiger charge is -2.21. The van der Waals surface area contributed by atoms with Crippen LogP contribution in [0.2, 0.25) is 5.02 Å². The highest BCUT2D eigenvalue weighted by molar-refractivity contribution is 7.10. The second-order valence-corrected chi connectivity index (χ2v) is 5.91. The van der Waals surface area contributed by atoms with Crippen LogP contribution in [0.15, 0.2) is 29.6 Å². The van der Waals surface area contributed by atoms with Gasteiger partial charge in [-0.05, 0) is 31.5 Å². The second-order valence-electron chi connectivity index (χ2n) is 4.58. The van der Waals surface area contributed by atoms with Crippen LogP contribution in [0.25, 0.3) is 11.3 Å². The first-order valence-electron chi connectivity index (χ1n) is 6.28. The third-order valence-electron chi connectivity index (χ3n) is 3.27. The van der Waals surface area contributed by atoms with Gasteiger partial charge in [0.1, 0.15) is 5.01 Å². The van der Waals surface area contributed by atoms with Gasteiger partial charge in [-0.3, -0.25) is 0 Å². The molecular weight excluding hydrogens is 264 g/mol. The first-order chi connectivity index (χ1) is 8.83. The molecule has 18 heavy (non-hydrogen) atoms. The molecule has 0 amide bonds. The van der Waals surface area contributed by atoms with Gasteiger partial charge in [0.25, 0.3) is 0 Å². The van der Waals surface area contributed by atoms with Crippen molar-refractivity contribution in [1.82, 2.24) is 10.3 Å². The second kappa shape index (κ2) is 5.39. The average molecular weight is 279 g/mol. The quantitative estimate of drug-likeness (QED) is 0.887. The van der Waals surface area contributed by atoms with E-state index in [1.165, 1.54) is 24.3 Å². The maximum absolute atomic E-state index is 5.90. The molecule has 4 heteroatoms. The number of nitrogens with zero attached hydrogens (tertiary/aromatic N) is 1. The molecular formula is C14H15ClN2S. The molecule has 1 N–H and O–H groups in total. The molecule has 94 valence electrons. The van der Waals surface area contributed by atoms with Crippen molar-refractivity contribution in [2.45, 2.75) is 25.3 Å². The molecule has 1 aliphatic heterocycles. The van der Waals surface area contributed by atoms with E-state index in [0.29, 0.717) is 6.04 Å². The minimum atomic E-state index is 0.449. The molecule has 1 saturated heterocycles. The van der Waals surface area contributed by atoms with E-state index in [2.05, 4.69) is 10.7 Å². The van der Waals surface area contributed by atoms with E-state index in [1.54, 1.807) is 11.3 Å². The molecule has 3 rings (SSSR count). The number of hydrogen-bond acceptors (Lipinski definition) is 3. The van der Waals surface area contributed by atoms with Gasteiger partial charge in [0, 0.05) is 16.0 Å². The summed E-state index contributed by atoms with van der Waals surface area (Å²) in [7, 11) is 0. The van der Waals surface area contributed by atoms with Crippen LogP contribution >= 0.6 is 22.9 Å². The maximum Gasteiger partial charge on any atom is 0.110 e. The first kappa shape index (κ1) is 12.2. The number of thiazole rings is 1. The highest BCUT2D eigenvalue weighted by Gasteiger charge is 2.18.